The topological polar surface area (TPSA) is 55.6 Å². The van der Waals surface area contributed by atoms with E-state index in [9.17, 15) is 4.79 Å². The molecule has 0 heterocycles. The lowest BCUT2D eigenvalue weighted by molar-refractivity contribution is -0.133. The highest BCUT2D eigenvalue weighted by Crippen LogP contribution is 2.05. The van der Waals surface area contributed by atoms with E-state index in [1.54, 1.807) is 19.1 Å². The van der Waals surface area contributed by atoms with Crippen LogP contribution in [0.5, 0.6) is 0 Å². The summed E-state index contributed by atoms with van der Waals surface area (Å²) in [6.07, 6.45) is 0.515. The number of rotatable bonds is 6. The lowest BCUT2D eigenvalue weighted by atomic mass is 10.1. The van der Waals surface area contributed by atoms with Crippen LogP contribution >= 0.6 is 0 Å². The maximum absolute atomic E-state index is 11.6. The monoisotopic (exact) mass is 202 g/mol. The highest BCUT2D eigenvalue weighted by atomic mass is 16.5. The molecule has 0 bridgehead atoms. The Morgan fingerprint density at radius 2 is 2.07 bits per heavy atom. The van der Waals surface area contributed by atoms with E-state index in [0.29, 0.717) is 19.6 Å². The van der Waals surface area contributed by atoms with Crippen LogP contribution in [0.3, 0.4) is 0 Å². The SMILES string of the molecule is COCC(C)N(C)C(=O)CC(C)CN. The number of amides is 1. The minimum atomic E-state index is 0.123. The van der Waals surface area contributed by atoms with Crippen LogP contribution in [0.25, 0.3) is 0 Å². The molecule has 0 saturated carbocycles. The highest BCUT2D eigenvalue weighted by molar-refractivity contribution is 5.76. The maximum Gasteiger partial charge on any atom is 0.222 e. The van der Waals surface area contributed by atoms with Crippen LogP contribution in [0.1, 0.15) is 20.3 Å². The third kappa shape index (κ3) is 4.58. The number of methoxy groups -OCH3 is 1. The Morgan fingerprint density at radius 1 is 1.50 bits per heavy atom. The standard InChI is InChI=1S/C10H22N2O2/c1-8(6-11)5-10(13)12(3)9(2)7-14-4/h8-9H,5-7,11H2,1-4H3. The molecular weight excluding hydrogens is 180 g/mol. The molecule has 0 fully saturated rings. The fraction of sp³-hybridized carbons (Fsp3) is 0.900. The van der Waals surface area contributed by atoms with E-state index < -0.39 is 0 Å². The van der Waals surface area contributed by atoms with E-state index in [4.69, 9.17) is 10.5 Å². The molecule has 0 spiro atoms. The van der Waals surface area contributed by atoms with Gasteiger partial charge in [-0.25, -0.2) is 0 Å². The minimum absolute atomic E-state index is 0.123. The molecular formula is C10H22N2O2. The first-order valence-corrected chi connectivity index (χ1v) is 4.97. The normalized spacial score (nSPS) is 14.9. The number of ether oxygens (including phenoxy) is 1. The van der Waals surface area contributed by atoms with Crippen LogP contribution in [0.2, 0.25) is 0 Å². The van der Waals surface area contributed by atoms with E-state index in [1.807, 2.05) is 13.8 Å². The van der Waals surface area contributed by atoms with Crippen molar-refractivity contribution in [3.63, 3.8) is 0 Å². The molecule has 0 aliphatic rings. The molecule has 0 aliphatic carbocycles. The van der Waals surface area contributed by atoms with Crippen LogP contribution in [0.15, 0.2) is 0 Å². The van der Waals surface area contributed by atoms with Gasteiger partial charge >= 0.3 is 0 Å². The summed E-state index contributed by atoms with van der Waals surface area (Å²) in [6.45, 7) is 5.07. The molecule has 0 aliphatic heterocycles. The second kappa shape index (κ2) is 6.79. The second-order valence-corrected chi connectivity index (χ2v) is 3.85. The van der Waals surface area contributed by atoms with E-state index in [0.717, 1.165) is 0 Å². The molecule has 14 heavy (non-hydrogen) atoms. The van der Waals surface area contributed by atoms with Crippen molar-refractivity contribution in [2.24, 2.45) is 11.7 Å². The second-order valence-electron chi connectivity index (χ2n) is 3.85. The number of carbonyl (C=O) groups excluding carboxylic acids is 1. The number of likely N-dealkylation sites (N-methyl/N-ethyl adjacent to an activating group) is 1. The molecule has 0 saturated heterocycles. The van der Waals surface area contributed by atoms with Crippen molar-refractivity contribution in [2.45, 2.75) is 26.3 Å². The predicted molar refractivity (Wildman–Crippen MR) is 56.9 cm³/mol. The van der Waals surface area contributed by atoms with Crippen LogP contribution in [-0.2, 0) is 9.53 Å². The molecule has 0 aromatic heterocycles. The van der Waals surface area contributed by atoms with Crippen LogP contribution in [0.4, 0.5) is 0 Å². The third-order valence-corrected chi connectivity index (χ3v) is 2.39. The number of nitrogens with zero attached hydrogens (tertiary/aromatic N) is 1. The van der Waals surface area contributed by atoms with Gasteiger partial charge in [-0.3, -0.25) is 4.79 Å². The van der Waals surface area contributed by atoms with Crippen molar-refractivity contribution < 1.29 is 9.53 Å². The number of hydrogen-bond acceptors (Lipinski definition) is 3. The molecule has 2 atom stereocenters. The zero-order chi connectivity index (χ0) is 11.1. The number of nitrogens with two attached hydrogens (primary N) is 1. The van der Waals surface area contributed by atoms with Crippen molar-refractivity contribution >= 4 is 5.91 Å². The van der Waals surface area contributed by atoms with Gasteiger partial charge in [0.05, 0.1) is 12.6 Å². The average molecular weight is 202 g/mol. The van der Waals surface area contributed by atoms with E-state index in [1.165, 1.54) is 0 Å². The third-order valence-electron chi connectivity index (χ3n) is 2.39. The molecule has 2 unspecified atom stereocenters. The Kier molecular flexibility index (Phi) is 6.49. The molecule has 1 amide bonds. The largest absolute Gasteiger partial charge is 0.383 e. The lowest BCUT2D eigenvalue weighted by Crippen LogP contribution is -2.38. The summed E-state index contributed by atoms with van der Waals surface area (Å²) >= 11 is 0. The molecule has 4 nitrogen and oxygen atoms in total. The molecule has 0 aromatic carbocycles. The molecule has 84 valence electrons. The van der Waals surface area contributed by atoms with Crippen molar-refractivity contribution in [2.75, 3.05) is 27.3 Å². The summed E-state index contributed by atoms with van der Waals surface area (Å²) in [5, 5.41) is 0. The van der Waals surface area contributed by atoms with Gasteiger partial charge in [-0.15, -0.1) is 0 Å². The van der Waals surface area contributed by atoms with Crippen molar-refractivity contribution in [1.29, 1.82) is 0 Å². The van der Waals surface area contributed by atoms with Crippen LogP contribution in [0, 0.1) is 5.92 Å². The average Bonchev–Trinajstić information content (AvgIpc) is 2.16. The van der Waals surface area contributed by atoms with Crippen molar-refractivity contribution in [3.05, 3.63) is 0 Å². The number of carbonyl (C=O) groups is 1. The maximum atomic E-state index is 11.6. The summed E-state index contributed by atoms with van der Waals surface area (Å²) in [5.74, 6) is 0.382. The molecule has 0 rings (SSSR count). The first-order valence-electron chi connectivity index (χ1n) is 4.97. The minimum Gasteiger partial charge on any atom is -0.383 e. The van der Waals surface area contributed by atoms with E-state index >= 15 is 0 Å². The quantitative estimate of drug-likeness (QED) is 0.681. The Morgan fingerprint density at radius 3 is 2.50 bits per heavy atom. The van der Waals surface area contributed by atoms with Gasteiger partial charge in [0.2, 0.25) is 5.91 Å². The van der Waals surface area contributed by atoms with Crippen molar-refractivity contribution in [1.82, 2.24) is 4.90 Å². The zero-order valence-corrected chi connectivity index (χ0v) is 9.62. The van der Waals surface area contributed by atoms with E-state index in [2.05, 4.69) is 0 Å². The van der Waals surface area contributed by atoms with E-state index in [-0.39, 0.29) is 17.9 Å². The van der Waals surface area contributed by atoms with Crippen LogP contribution in [-0.4, -0.2) is 44.2 Å². The zero-order valence-electron chi connectivity index (χ0n) is 9.62. The summed E-state index contributed by atoms with van der Waals surface area (Å²) < 4.78 is 4.99. The van der Waals surface area contributed by atoms with Gasteiger partial charge in [0.25, 0.3) is 0 Å². The summed E-state index contributed by atoms with van der Waals surface area (Å²) in [5.41, 5.74) is 5.46. The van der Waals surface area contributed by atoms with Gasteiger partial charge in [0, 0.05) is 20.6 Å². The smallest absolute Gasteiger partial charge is 0.222 e. The van der Waals surface area contributed by atoms with Crippen molar-refractivity contribution in [3.8, 4) is 0 Å². The lowest BCUT2D eigenvalue weighted by Gasteiger charge is -2.25. The first kappa shape index (κ1) is 13.4. The molecule has 0 radical (unpaired) electrons. The fourth-order valence-electron chi connectivity index (χ4n) is 1.12. The van der Waals surface area contributed by atoms with Gasteiger partial charge < -0.3 is 15.4 Å². The number of hydrogen-bond donors (Lipinski definition) is 1. The highest BCUT2D eigenvalue weighted by Gasteiger charge is 2.17. The molecule has 0 aromatic rings. The molecule has 2 N–H and O–H groups in total. The van der Waals surface area contributed by atoms with Gasteiger partial charge in [0.1, 0.15) is 0 Å². The van der Waals surface area contributed by atoms with Gasteiger partial charge in [-0.05, 0) is 19.4 Å². The Balaban J connectivity index is 3.98. The van der Waals surface area contributed by atoms with Gasteiger partial charge in [-0.2, -0.15) is 0 Å². The Hall–Kier alpha value is -0.610. The van der Waals surface area contributed by atoms with Crippen LogP contribution < -0.4 is 5.73 Å². The van der Waals surface area contributed by atoms with Gasteiger partial charge in [0.15, 0.2) is 0 Å². The Bertz CT molecular complexity index is 174. The summed E-state index contributed by atoms with van der Waals surface area (Å²) in [4.78, 5) is 13.4. The van der Waals surface area contributed by atoms with Gasteiger partial charge in [-0.1, -0.05) is 6.92 Å². The first-order chi connectivity index (χ1) is 6.52. The molecule has 4 heteroatoms. The summed E-state index contributed by atoms with van der Waals surface area (Å²) in [6, 6.07) is 0.123. The fourth-order valence-corrected chi connectivity index (χ4v) is 1.12. The summed E-state index contributed by atoms with van der Waals surface area (Å²) in [7, 11) is 3.44. The Labute approximate surface area is 86.4 Å². The predicted octanol–water partition coefficient (Wildman–Crippen LogP) is 0.465.